The number of esters is 2. The number of ether oxygens (including phenoxy) is 1. The van der Waals surface area contributed by atoms with E-state index < -0.39 is 11.9 Å². The molecule has 0 saturated heterocycles. The molecule has 0 bridgehead atoms. The van der Waals surface area contributed by atoms with Crippen LogP contribution < -0.4 is 0 Å². The second kappa shape index (κ2) is 7.43. The number of carbonyl (C=O) groups excluding carboxylic acids is 2. The second-order valence-corrected chi connectivity index (χ2v) is 4.47. The minimum atomic E-state index is -0.618. The van der Waals surface area contributed by atoms with Crippen molar-refractivity contribution in [3.05, 3.63) is 42.0 Å². The zero-order valence-corrected chi connectivity index (χ0v) is 10.8. The fourth-order valence-electron chi connectivity index (χ4n) is 1.33. The zero-order valence-electron chi connectivity index (χ0n) is 10.8. The van der Waals surface area contributed by atoms with Crippen LogP contribution in [0.4, 0.5) is 0 Å². The molecule has 0 aromatic heterocycles. The molecule has 1 rings (SSSR count). The fraction of sp³-hybridized carbons (Fsp3) is 0.333. The maximum absolute atomic E-state index is 11.3. The van der Waals surface area contributed by atoms with Gasteiger partial charge >= 0.3 is 11.9 Å². The molecule has 0 atom stereocenters. The predicted octanol–water partition coefficient (Wildman–Crippen LogP) is 3.21. The smallest absolute Gasteiger partial charge is 0.338 e. The van der Waals surface area contributed by atoms with Crippen molar-refractivity contribution in [1.82, 2.24) is 0 Å². The molecule has 0 aliphatic heterocycles. The minimum absolute atomic E-state index is 0.280. The van der Waals surface area contributed by atoms with Crippen LogP contribution in [-0.2, 0) is 14.3 Å². The standard InChI is InChI=1S/C15H18O3/c1-12(2)8-10-14(16)18-15(17)11-9-13-6-4-3-5-7-13/h3-7,9,11-12H,8,10H2,1-2H3/b11-9+. The lowest BCUT2D eigenvalue weighted by Crippen LogP contribution is -2.10. The van der Waals surface area contributed by atoms with E-state index in [0.717, 1.165) is 12.0 Å². The van der Waals surface area contributed by atoms with Crippen molar-refractivity contribution in [2.45, 2.75) is 26.7 Å². The van der Waals surface area contributed by atoms with E-state index in [1.165, 1.54) is 6.08 Å². The lowest BCUT2D eigenvalue weighted by Gasteiger charge is -2.02. The first-order valence-electron chi connectivity index (χ1n) is 6.05. The first-order chi connectivity index (χ1) is 8.58. The van der Waals surface area contributed by atoms with Crippen molar-refractivity contribution < 1.29 is 14.3 Å². The van der Waals surface area contributed by atoms with Crippen molar-refractivity contribution >= 4 is 18.0 Å². The quantitative estimate of drug-likeness (QED) is 0.455. The monoisotopic (exact) mass is 246 g/mol. The SMILES string of the molecule is CC(C)CCC(=O)OC(=O)/C=C/c1ccccc1. The van der Waals surface area contributed by atoms with E-state index in [-0.39, 0.29) is 6.42 Å². The van der Waals surface area contributed by atoms with E-state index in [1.807, 2.05) is 44.2 Å². The van der Waals surface area contributed by atoms with Crippen LogP contribution in [0, 0.1) is 5.92 Å². The number of hydrogen-bond donors (Lipinski definition) is 0. The van der Waals surface area contributed by atoms with Gasteiger partial charge in [-0.25, -0.2) is 4.79 Å². The first kappa shape index (κ1) is 14.2. The van der Waals surface area contributed by atoms with E-state index in [4.69, 9.17) is 0 Å². The summed E-state index contributed by atoms with van der Waals surface area (Å²) in [6.45, 7) is 4.04. The Bertz CT molecular complexity index is 419. The Labute approximate surface area is 107 Å². The third kappa shape index (κ3) is 5.99. The molecule has 0 unspecified atom stereocenters. The molecule has 0 radical (unpaired) electrons. The Hall–Kier alpha value is -1.90. The van der Waals surface area contributed by atoms with Gasteiger partial charge in [0, 0.05) is 12.5 Å². The molecule has 18 heavy (non-hydrogen) atoms. The number of carbonyl (C=O) groups is 2. The molecular weight excluding hydrogens is 228 g/mol. The summed E-state index contributed by atoms with van der Waals surface area (Å²) in [7, 11) is 0. The van der Waals surface area contributed by atoms with Gasteiger partial charge in [-0.15, -0.1) is 0 Å². The van der Waals surface area contributed by atoms with Gasteiger partial charge in [0.25, 0.3) is 0 Å². The third-order valence-corrected chi connectivity index (χ3v) is 2.35. The fourth-order valence-corrected chi connectivity index (χ4v) is 1.33. The maximum atomic E-state index is 11.3. The third-order valence-electron chi connectivity index (χ3n) is 2.35. The topological polar surface area (TPSA) is 43.4 Å². The van der Waals surface area contributed by atoms with E-state index in [9.17, 15) is 9.59 Å². The minimum Gasteiger partial charge on any atom is -0.390 e. The lowest BCUT2D eigenvalue weighted by atomic mass is 10.1. The van der Waals surface area contributed by atoms with E-state index in [1.54, 1.807) is 6.08 Å². The highest BCUT2D eigenvalue weighted by atomic mass is 16.6. The molecular formula is C15H18O3. The van der Waals surface area contributed by atoms with Crippen LogP contribution in [0.5, 0.6) is 0 Å². The molecule has 1 aromatic rings. The highest BCUT2D eigenvalue weighted by molar-refractivity contribution is 5.94. The number of hydrogen-bond acceptors (Lipinski definition) is 3. The normalized spacial score (nSPS) is 10.8. The van der Waals surface area contributed by atoms with Crippen LogP contribution in [0.1, 0.15) is 32.3 Å². The molecule has 3 heteroatoms. The Kier molecular flexibility index (Phi) is 5.85. The van der Waals surface area contributed by atoms with Gasteiger partial charge in [0.05, 0.1) is 0 Å². The highest BCUT2D eigenvalue weighted by Crippen LogP contribution is 2.05. The molecule has 96 valence electrons. The summed E-state index contributed by atoms with van der Waals surface area (Å²) in [5, 5.41) is 0. The highest BCUT2D eigenvalue weighted by Gasteiger charge is 2.08. The van der Waals surface area contributed by atoms with Crippen molar-refractivity contribution in [2.75, 3.05) is 0 Å². The second-order valence-electron chi connectivity index (χ2n) is 4.47. The molecule has 0 heterocycles. The maximum Gasteiger partial charge on any atom is 0.338 e. The molecule has 0 fully saturated rings. The van der Waals surface area contributed by atoms with Crippen LogP contribution in [0.15, 0.2) is 36.4 Å². The van der Waals surface area contributed by atoms with E-state index in [2.05, 4.69) is 4.74 Å². The van der Waals surface area contributed by atoms with Gasteiger partial charge in [0.15, 0.2) is 0 Å². The average Bonchev–Trinajstić information content (AvgIpc) is 2.35. The summed E-state index contributed by atoms with van der Waals surface area (Å²) in [5.41, 5.74) is 0.893. The van der Waals surface area contributed by atoms with Gasteiger partial charge in [-0.1, -0.05) is 44.2 Å². The molecule has 1 aromatic carbocycles. The summed E-state index contributed by atoms with van der Waals surface area (Å²) in [6, 6.07) is 9.37. The van der Waals surface area contributed by atoms with Crippen LogP contribution in [-0.4, -0.2) is 11.9 Å². The zero-order chi connectivity index (χ0) is 13.4. The molecule has 0 amide bonds. The lowest BCUT2D eigenvalue weighted by molar-refractivity contribution is -0.156. The molecule has 0 aliphatic carbocycles. The number of benzene rings is 1. The first-order valence-corrected chi connectivity index (χ1v) is 6.05. The summed E-state index contributed by atoms with van der Waals surface area (Å²) < 4.78 is 4.66. The van der Waals surface area contributed by atoms with Crippen molar-refractivity contribution in [1.29, 1.82) is 0 Å². The predicted molar refractivity (Wildman–Crippen MR) is 70.6 cm³/mol. The van der Waals surface area contributed by atoms with Gasteiger partial charge < -0.3 is 4.74 Å². The van der Waals surface area contributed by atoms with E-state index in [0.29, 0.717) is 5.92 Å². The number of rotatable bonds is 5. The summed E-state index contributed by atoms with van der Waals surface area (Å²) in [6.07, 6.45) is 3.90. The van der Waals surface area contributed by atoms with Crippen LogP contribution in [0.3, 0.4) is 0 Å². The molecule has 0 spiro atoms. The summed E-state index contributed by atoms with van der Waals surface area (Å²) >= 11 is 0. The van der Waals surface area contributed by atoms with Gasteiger partial charge in [0.2, 0.25) is 0 Å². The molecule has 0 saturated carbocycles. The van der Waals surface area contributed by atoms with Gasteiger partial charge in [0.1, 0.15) is 0 Å². The molecule has 0 aliphatic rings. The Morgan fingerprint density at radius 3 is 2.50 bits per heavy atom. The van der Waals surface area contributed by atoms with Gasteiger partial charge in [-0.2, -0.15) is 0 Å². The van der Waals surface area contributed by atoms with Gasteiger partial charge in [-0.3, -0.25) is 4.79 Å². The molecule has 0 N–H and O–H groups in total. The van der Waals surface area contributed by atoms with Crippen LogP contribution in [0.25, 0.3) is 6.08 Å². The van der Waals surface area contributed by atoms with Crippen molar-refractivity contribution in [2.24, 2.45) is 5.92 Å². The Morgan fingerprint density at radius 1 is 1.22 bits per heavy atom. The van der Waals surface area contributed by atoms with Gasteiger partial charge in [-0.05, 0) is 24.0 Å². The summed E-state index contributed by atoms with van der Waals surface area (Å²) in [4.78, 5) is 22.6. The largest absolute Gasteiger partial charge is 0.390 e. The van der Waals surface area contributed by atoms with Crippen LogP contribution in [0.2, 0.25) is 0 Å². The molecule has 3 nitrogen and oxygen atoms in total. The van der Waals surface area contributed by atoms with Crippen molar-refractivity contribution in [3.63, 3.8) is 0 Å². The van der Waals surface area contributed by atoms with Crippen molar-refractivity contribution in [3.8, 4) is 0 Å². The van der Waals surface area contributed by atoms with Crippen LogP contribution >= 0.6 is 0 Å². The Morgan fingerprint density at radius 2 is 1.89 bits per heavy atom. The average molecular weight is 246 g/mol. The Balaban J connectivity index is 2.38. The summed E-state index contributed by atoms with van der Waals surface area (Å²) in [5.74, 6) is -0.661. The van der Waals surface area contributed by atoms with E-state index >= 15 is 0 Å².